The molecule has 0 aliphatic heterocycles. The molecule has 0 saturated carbocycles. The van der Waals surface area contributed by atoms with Gasteiger partial charge in [0.2, 0.25) is 0 Å². The maximum Gasteiger partial charge on any atom is 0.128 e. The minimum absolute atomic E-state index is 0.0278. The summed E-state index contributed by atoms with van der Waals surface area (Å²) in [5.74, 6) is -0.135. The summed E-state index contributed by atoms with van der Waals surface area (Å²) in [5, 5.41) is 3.18. The van der Waals surface area contributed by atoms with Crippen molar-refractivity contribution < 1.29 is 9.13 Å². The van der Waals surface area contributed by atoms with E-state index in [0.717, 1.165) is 24.0 Å². The van der Waals surface area contributed by atoms with Crippen LogP contribution in [-0.4, -0.2) is 19.8 Å². The molecule has 0 heterocycles. The molecule has 0 aromatic heterocycles. The van der Waals surface area contributed by atoms with Gasteiger partial charge in [0, 0.05) is 18.7 Å². The Morgan fingerprint density at radius 2 is 2.06 bits per heavy atom. The molecule has 1 atom stereocenters. The average Bonchev–Trinajstić information content (AvgIpc) is 2.32. The molecular weight excluding hydrogens is 229 g/mol. The van der Waals surface area contributed by atoms with Crippen molar-refractivity contribution in [2.24, 2.45) is 0 Å². The average molecular weight is 253 g/mol. The van der Waals surface area contributed by atoms with Crippen molar-refractivity contribution in [3.8, 4) is 0 Å². The van der Waals surface area contributed by atoms with Gasteiger partial charge in [-0.1, -0.05) is 12.1 Å². The maximum absolute atomic E-state index is 13.9. The van der Waals surface area contributed by atoms with E-state index in [2.05, 4.69) is 5.32 Å². The second kappa shape index (κ2) is 6.30. The van der Waals surface area contributed by atoms with Crippen molar-refractivity contribution in [1.82, 2.24) is 5.32 Å². The highest BCUT2D eigenvalue weighted by atomic mass is 19.1. The lowest BCUT2D eigenvalue weighted by Gasteiger charge is -2.26. The molecule has 1 aromatic carbocycles. The number of methoxy groups -OCH3 is 1. The van der Waals surface area contributed by atoms with Crippen molar-refractivity contribution in [2.75, 3.05) is 14.2 Å². The topological polar surface area (TPSA) is 21.3 Å². The van der Waals surface area contributed by atoms with Gasteiger partial charge in [0.05, 0.1) is 5.60 Å². The first-order valence-corrected chi connectivity index (χ1v) is 6.38. The monoisotopic (exact) mass is 253 g/mol. The third-order valence-corrected chi connectivity index (χ3v) is 3.47. The molecule has 1 N–H and O–H groups in total. The van der Waals surface area contributed by atoms with Gasteiger partial charge in [-0.2, -0.15) is 0 Å². The predicted molar refractivity (Wildman–Crippen MR) is 73.3 cm³/mol. The van der Waals surface area contributed by atoms with Crippen LogP contribution in [-0.2, 0) is 4.74 Å². The number of rotatable bonds is 6. The van der Waals surface area contributed by atoms with Gasteiger partial charge in [0.25, 0.3) is 0 Å². The Labute approximate surface area is 110 Å². The quantitative estimate of drug-likeness (QED) is 0.836. The summed E-state index contributed by atoms with van der Waals surface area (Å²) >= 11 is 0. The molecular formula is C15H24FNO. The molecule has 0 radical (unpaired) electrons. The number of hydrogen-bond donors (Lipinski definition) is 1. The minimum atomic E-state index is -0.170. The third kappa shape index (κ3) is 4.07. The standard InChI is InChI=1S/C15H24FNO/c1-11-6-7-12(13(16)10-11)14(17-4)8-9-15(2,3)18-5/h6-7,10,14,17H,8-9H2,1-5H3. The van der Waals surface area contributed by atoms with Crippen LogP contribution in [0.4, 0.5) is 4.39 Å². The first-order valence-electron chi connectivity index (χ1n) is 6.38. The zero-order valence-electron chi connectivity index (χ0n) is 12.0. The van der Waals surface area contributed by atoms with Crippen LogP contribution in [0.5, 0.6) is 0 Å². The van der Waals surface area contributed by atoms with Crippen molar-refractivity contribution in [2.45, 2.75) is 45.3 Å². The molecule has 0 saturated heterocycles. The molecule has 18 heavy (non-hydrogen) atoms. The molecule has 0 bridgehead atoms. The fraction of sp³-hybridized carbons (Fsp3) is 0.600. The predicted octanol–water partition coefficient (Wildman–Crippen LogP) is 3.60. The maximum atomic E-state index is 13.9. The smallest absolute Gasteiger partial charge is 0.128 e. The highest BCUT2D eigenvalue weighted by Gasteiger charge is 2.21. The fourth-order valence-electron chi connectivity index (χ4n) is 1.96. The van der Waals surface area contributed by atoms with Gasteiger partial charge < -0.3 is 10.1 Å². The summed E-state index contributed by atoms with van der Waals surface area (Å²) < 4.78 is 19.3. The fourth-order valence-corrected chi connectivity index (χ4v) is 1.96. The van der Waals surface area contributed by atoms with E-state index in [1.54, 1.807) is 13.2 Å². The molecule has 0 spiro atoms. The number of halogens is 1. The van der Waals surface area contributed by atoms with Gasteiger partial charge >= 0.3 is 0 Å². The molecule has 0 aliphatic rings. The first kappa shape index (κ1) is 15.1. The first-order chi connectivity index (χ1) is 8.39. The van der Waals surface area contributed by atoms with E-state index in [1.807, 2.05) is 40.0 Å². The van der Waals surface area contributed by atoms with Crippen LogP contribution >= 0.6 is 0 Å². The van der Waals surface area contributed by atoms with Gasteiger partial charge in [-0.15, -0.1) is 0 Å². The largest absolute Gasteiger partial charge is 0.379 e. The highest BCUT2D eigenvalue weighted by Crippen LogP contribution is 2.26. The third-order valence-electron chi connectivity index (χ3n) is 3.47. The summed E-state index contributed by atoms with van der Waals surface area (Å²) in [5.41, 5.74) is 1.51. The second-order valence-electron chi connectivity index (χ2n) is 5.37. The number of benzene rings is 1. The molecule has 3 heteroatoms. The van der Waals surface area contributed by atoms with Gasteiger partial charge in [-0.05, 0) is 52.3 Å². The summed E-state index contributed by atoms with van der Waals surface area (Å²) in [4.78, 5) is 0. The van der Waals surface area contributed by atoms with Crippen molar-refractivity contribution >= 4 is 0 Å². The summed E-state index contributed by atoms with van der Waals surface area (Å²) in [6.07, 6.45) is 1.72. The minimum Gasteiger partial charge on any atom is -0.379 e. The molecule has 2 nitrogen and oxygen atoms in total. The Bertz CT molecular complexity index is 390. The van der Waals surface area contributed by atoms with E-state index in [0.29, 0.717) is 0 Å². The van der Waals surface area contributed by atoms with Crippen LogP contribution < -0.4 is 5.32 Å². The summed E-state index contributed by atoms with van der Waals surface area (Å²) in [7, 11) is 3.57. The van der Waals surface area contributed by atoms with E-state index in [4.69, 9.17) is 4.74 Å². The summed E-state index contributed by atoms with van der Waals surface area (Å²) in [6, 6.07) is 5.43. The van der Waals surface area contributed by atoms with Crippen LogP contribution in [0.15, 0.2) is 18.2 Å². The Morgan fingerprint density at radius 1 is 1.39 bits per heavy atom. The lowest BCUT2D eigenvalue weighted by molar-refractivity contribution is 0.0117. The van der Waals surface area contributed by atoms with E-state index >= 15 is 0 Å². The lowest BCUT2D eigenvalue weighted by Crippen LogP contribution is -2.26. The molecule has 1 aromatic rings. The van der Waals surface area contributed by atoms with Crippen LogP contribution in [0, 0.1) is 12.7 Å². The Hall–Kier alpha value is -0.930. The SMILES string of the molecule is CNC(CCC(C)(C)OC)c1ccc(C)cc1F. The molecule has 0 aliphatic carbocycles. The van der Waals surface area contributed by atoms with E-state index < -0.39 is 0 Å². The zero-order valence-corrected chi connectivity index (χ0v) is 12.0. The number of hydrogen-bond acceptors (Lipinski definition) is 2. The van der Waals surface area contributed by atoms with E-state index in [9.17, 15) is 4.39 Å². The Morgan fingerprint density at radius 3 is 2.56 bits per heavy atom. The lowest BCUT2D eigenvalue weighted by atomic mass is 9.94. The van der Waals surface area contributed by atoms with Crippen LogP contribution in [0.25, 0.3) is 0 Å². The Kier molecular flexibility index (Phi) is 5.29. The van der Waals surface area contributed by atoms with Crippen molar-refractivity contribution in [3.63, 3.8) is 0 Å². The van der Waals surface area contributed by atoms with Crippen molar-refractivity contribution in [1.29, 1.82) is 0 Å². The molecule has 102 valence electrons. The van der Waals surface area contributed by atoms with Crippen molar-refractivity contribution in [3.05, 3.63) is 35.1 Å². The highest BCUT2D eigenvalue weighted by molar-refractivity contribution is 5.26. The normalized spacial score (nSPS) is 13.7. The second-order valence-corrected chi connectivity index (χ2v) is 5.37. The van der Waals surface area contributed by atoms with Gasteiger partial charge in [0.15, 0.2) is 0 Å². The molecule has 1 rings (SSSR count). The zero-order chi connectivity index (χ0) is 13.8. The molecule has 0 fully saturated rings. The van der Waals surface area contributed by atoms with Gasteiger partial charge in [-0.3, -0.25) is 0 Å². The number of ether oxygens (including phenoxy) is 1. The van der Waals surface area contributed by atoms with E-state index in [1.165, 1.54) is 0 Å². The van der Waals surface area contributed by atoms with Crippen LogP contribution in [0.3, 0.4) is 0 Å². The molecule has 0 amide bonds. The summed E-state index contributed by atoms with van der Waals surface area (Å²) in [6.45, 7) is 5.99. The van der Waals surface area contributed by atoms with E-state index in [-0.39, 0.29) is 17.5 Å². The van der Waals surface area contributed by atoms with Gasteiger partial charge in [0.1, 0.15) is 5.82 Å². The number of aryl methyl sites for hydroxylation is 1. The Balaban J connectivity index is 2.77. The van der Waals surface area contributed by atoms with Crippen LogP contribution in [0.1, 0.15) is 43.9 Å². The molecule has 1 unspecified atom stereocenters. The van der Waals surface area contributed by atoms with Crippen LogP contribution in [0.2, 0.25) is 0 Å². The van der Waals surface area contributed by atoms with Gasteiger partial charge in [-0.25, -0.2) is 4.39 Å². The number of nitrogens with one attached hydrogen (secondary N) is 1.